The van der Waals surface area contributed by atoms with Crippen LogP contribution in [0.3, 0.4) is 0 Å². The fourth-order valence-electron chi connectivity index (χ4n) is 0.913. The molecule has 1 aromatic rings. The topological polar surface area (TPSA) is 35.0 Å². The van der Waals surface area contributed by atoms with Crippen molar-refractivity contribution < 1.29 is 17.9 Å². The minimum Gasteiger partial charge on any atom is -0.467 e. The summed E-state index contributed by atoms with van der Waals surface area (Å²) < 4.78 is 40.6. The Hall–Kier alpha value is -0.850. The van der Waals surface area contributed by atoms with Crippen LogP contribution in [-0.4, -0.2) is 22.8 Å². The van der Waals surface area contributed by atoms with Crippen molar-refractivity contribution in [1.82, 2.24) is 9.97 Å². The molecule has 0 saturated heterocycles. The summed E-state index contributed by atoms with van der Waals surface area (Å²) in [6.45, 7) is 1.88. The van der Waals surface area contributed by atoms with Crippen LogP contribution in [0.15, 0.2) is 4.47 Å². The Labute approximate surface area is 92.8 Å². The van der Waals surface area contributed by atoms with Crippen LogP contribution in [0.1, 0.15) is 11.5 Å². The molecule has 1 heterocycles. The second-order valence-electron chi connectivity index (χ2n) is 2.88. The summed E-state index contributed by atoms with van der Waals surface area (Å²) in [6, 6.07) is 0. The first-order valence-electron chi connectivity index (χ1n) is 4.00. The first-order chi connectivity index (χ1) is 6.79. The lowest BCUT2D eigenvalue weighted by molar-refractivity contribution is -0.154. The lowest BCUT2D eigenvalue weighted by Crippen LogP contribution is -2.20. The van der Waals surface area contributed by atoms with Gasteiger partial charge in [0.25, 0.3) is 0 Å². The molecule has 0 aliphatic rings. The first kappa shape index (κ1) is 12.2. The lowest BCUT2D eigenvalue weighted by Gasteiger charge is -2.10. The number of alkyl halides is 3. The standard InChI is InChI=1S/C8H8BrF3N2O/c1-4-6(9)7(14-5(2)13-4)15-3-8(10,11)12/h3H2,1-2H3. The van der Waals surface area contributed by atoms with Crippen LogP contribution in [0.25, 0.3) is 0 Å². The van der Waals surface area contributed by atoms with E-state index in [1.165, 1.54) is 0 Å². The Morgan fingerprint density at radius 1 is 1.27 bits per heavy atom. The molecule has 0 aliphatic heterocycles. The molecule has 1 rings (SSSR count). The Morgan fingerprint density at radius 3 is 2.40 bits per heavy atom. The molecule has 0 amide bonds. The van der Waals surface area contributed by atoms with Crippen LogP contribution < -0.4 is 4.74 Å². The zero-order chi connectivity index (χ0) is 11.6. The van der Waals surface area contributed by atoms with Gasteiger partial charge in [-0.3, -0.25) is 0 Å². The van der Waals surface area contributed by atoms with Crippen molar-refractivity contribution in [3.63, 3.8) is 0 Å². The van der Waals surface area contributed by atoms with Gasteiger partial charge in [0, 0.05) is 0 Å². The fourth-order valence-corrected chi connectivity index (χ4v) is 1.21. The average Bonchev–Trinajstić information content (AvgIpc) is 2.07. The molecule has 0 spiro atoms. The maximum absolute atomic E-state index is 11.9. The van der Waals surface area contributed by atoms with Crippen molar-refractivity contribution in [2.45, 2.75) is 20.0 Å². The molecule has 0 atom stereocenters. The lowest BCUT2D eigenvalue weighted by atomic mass is 10.4. The van der Waals surface area contributed by atoms with Crippen molar-refractivity contribution in [1.29, 1.82) is 0 Å². The van der Waals surface area contributed by atoms with Crippen LogP contribution in [0, 0.1) is 13.8 Å². The largest absolute Gasteiger partial charge is 0.467 e. The van der Waals surface area contributed by atoms with Crippen LogP contribution in [0.4, 0.5) is 13.2 Å². The van der Waals surface area contributed by atoms with Crippen LogP contribution in [0.2, 0.25) is 0 Å². The van der Waals surface area contributed by atoms with E-state index in [9.17, 15) is 13.2 Å². The molecule has 7 heteroatoms. The van der Waals surface area contributed by atoms with E-state index < -0.39 is 12.8 Å². The minimum absolute atomic E-state index is 0.0858. The van der Waals surface area contributed by atoms with Gasteiger partial charge in [-0.1, -0.05) is 0 Å². The summed E-state index contributed by atoms with van der Waals surface area (Å²) >= 11 is 3.06. The smallest absolute Gasteiger partial charge is 0.422 e. The maximum Gasteiger partial charge on any atom is 0.422 e. The molecule has 0 N–H and O–H groups in total. The highest BCUT2D eigenvalue weighted by atomic mass is 79.9. The van der Waals surface area contributed by atoms with E-state index in [0.29, 0.717) is 16.0 Å². The molecule has 15 heavy (non-hydrogen) atoms. The van der Waals surface area contributed by atoms with E-state index in [1.54, 1.807) is 13.8 Å². The number of aromatic nitrogens is 2. The zero-order valence-electron chi connectivity index (χ0n) is 8.02. The van der Waals surface area contributed by atoms with Gasteiger partial charge in [0.2, 0.25) is 5.88 Å². The monoisotopic (exact) mass is 284 g/mol. The molecule has 0 saturated carbocycles. The molecule has 84 valence electrons. The quantitative estimate of drug-likeness (QED) is 0.838. The van der Waals surface area contributed by atoms with Gasteiger partial charge < -0.3 is 4.74 Å². The number of hydrogen-bond acceptors (Lipinski definition) is 3. The van der Waals surface area contributed by atoms with Crippen molar-refractivity contribution in [3.05, 3.63) is 16.0 Å². The SMILES string of the molecule is Cc1nc(C)c(Br)c(OCC(F)(F)F)n1. The number of nitrogens with zero attached hydrogens (tertiary/aromatic N) is 2. The summed E-state index contributed by atoms with van der Waals surface area (Å²) in [5.74, 6) is 0.283. The molecule has 0 bridgehead atoms. The molecular formula is C8H8BrF3N2O. The second kappa shape index (κ2) is 4.34. The zero-order valence-corrected chi connectivity index (χ0v) is 9.61. The van der Waals surface area contributed by atoms with E-state index in [4.69, 9.17) is 0 Å². The summed E-state index contributed by atoms with van der Waals surface area (Å²) in [7, 11) is 0. The molecule has 0 radical (unpaired) electrons. The van der Waals surface area contributed by atoms with E-state index >= 15 is 0 Å². The number of hydrogen-bond donors (Lipinski definition) is 0. The van der Waals surface area contributed by atoms with E-state index in [2.05, 4.69) is 30.6 Å². The average molecular weight is 285 g/mol. The predicted octanol–water partition coefficient (Wildman–Crippen LogP) is 2.80. The summed E-state index contributed by atoms with van der Waals surface area (Å²) in [4.78, 5) is 7.72. The molecule has 3 nitrogen and oxygen atoms in total. The van der Waals surface area contributed by atoms with Gasteiger partial charge in [-0.2, -0.15) is 18.2 Å². The number of rotatable bonds is 2. The Morgan fingerprint density at radius 2 is 1.87 bits per heavy atom. The number of halogens is 4. The third kappa shape index (κ3) is 3.65. The van der Waals surface area contributed by atoms with Crippen LogP contribution in [0.5, 0.6) is 5.88 Å². The first-order valence-corrected chi connectivity index (χ1v) is 4.79. The maximum atomic E-state index is 11.9. The van der Waals surface area contributed by atoms with Gasteiger partial charge >= 0.3 is 6.18 Å². The van der Waals surface area contributed by atoms with E-state index in [0.717, 1.165) is 0 Å². The Balaban J connectivity index is 2.86. The fraction of sp³-hybridized carbons (Fsp3) is 0.500. The van der Waals surface area contributed by atoms with Crippen molar-refractivity contribution in [2.24, 2.45) is 0 Å². The van der Waals surface area contributed by atoms with Gasteiger partial charge in [0.15, 0.2) is 6.61 Å². The highest BCUT2D eigenvalue weighted by molar-refractivity contribution is 9.10. The van der Waals surface area contributed by atoms with Crippen LogP contribution in [-0.2, 0) is 0 Å². The highest BCUT2D eigenvalue weighted by Crippen LogP contribution is 2.26. The molecular weight excluding hydrogens is 277 g/mol. The predicted molar refractivity (Wildman–Crippen MR) is 50.8 cm³/mol. The Kier molecular flexibility index (Phi) is 3.54. The molecule has 0 aliphatic carbocycles. The molecule has 0 unspecified atom stereocenters. The van der Waals surface area contributed by atoms with Gasteiger partial charge in [-0.15, -0.1) is 0 Å². The van der Waals surface area contributed by atoms with E-state index in [1.807, 2.05) is 0 Å². The van der Waals surface area contributed by atoms with Gasteiger partial charge in [0.05, 0.1) is 5.69 Å². The van der Waals surface area contributed by atoms with Crippen LogP contribution >= 0.6 is 15.9 Å². The summed E-state index contributed by atoms with van der Waals surface area (Å²) in [6.07, 6.45) is -4.37. The molecule has 0 aromatic carbocycles. The summed E-state index contributed by atoms with van der Waals surface area (Å²) in [5.41, 5.74) is 0.541. The molecule has 0 fully saturated rings. The molecule has 1 aromatic heterocycles. The number of ether oxygens (including phenoxy) is 1. The van der Waals surface area contributed by atoms with Gasteiger partial charge in [-0.25, -0.2) is 4.98 Å². The van der Waals surface area contributed by atoms with Gasteiger partial charge in [-0.05, 0) is 29.8 Å². The second-order valence-corrected chi connectivity index (χ2v) is 3.67. The van der Waals surface area contributed by atoms with Crippen molar-refractivity contribution in [3.8, 4) is 5.88 Å². The third-order valence-electron chi connectivity index (χ3n) is 1.47. The minimum atomic E-state index is -4.37. The van der Waals surface area contributed by atoms with Crippen molar-refractivity contribution >= 4 is 15.9 Å². The third-order valence-corrected chi connectivity index (χ3v) is 2.38. The van der Waals surface area contributed by atoms with Gasteiger partial charge in [0.1, 0.15) is 10.3 Å². The number of aryl methyl sites for hydroxylation is 2. The highest BCUT2D eigenvalue weighted by Gasteiger charge is 2.29. The Bertz CT molecular complexity index is 368. The normalized spacial score (nSPS) is 11.6. The van der Waals surface area contributed by atoms with E-state index in [-0.39, 0.29) is 5.88 Å². The summed E-state index contributed by atoms with van der Waals surface area (Å²) in [5, 5.41) is 0. The van der Waals surface area contributed by atoms with Crippen molar-refractivity contribution in [2.75, 3.05) is 6.61 Å².